The molecule has 21 heavy (non-hydrogen) atoms. The Kier molecular flexibility index (Phi) is 6.12. The highest BCUT2D eigenvalue weighted by atomic mass is 16.5. The molecule has 0 radical (unpaired) electrons. The molecule has 0 heterocycles. The zero-order chi connectivity index (χ0) is 16.0. The first-order valence-corrected chi connectivity index (χ1v) is 7.36. The molecule has 5 heteroatoms. The van der Waals surface area contributed by atoms with Crippen LogP contribution in [0.3, 0.4) is 0 Å². The molecular formula is C16H24O5. The molecule has 0 saturated heterocycles. The van der Waals surface area contributed by atoms with Gasteiger partial charge in [-0.15, -0.1) is 0 Å². The van der Waals surface area contributed by atoms with Crippen LogP contribution in [0.1, 0.15) is 39.5 Å². The summed E-state index contributed by atoms with van der Waals surface area (Å²) in [6.07, 6.45) is 6.08. The molecule has 0 aromatic carbocycles. The average Bonchev–Trinajstić information content (AvgIpc) is 3.24. The third kappa shape index (κ3) is 3.52. The monoisotopic (exact) mass is 296 g/mol. The molecule has 1 aliphatic carbocycles. The van der Waals surface area contributed by atoms with Gasteiger partial charge in [0.25, 0.3) is 0 Å². The van der Waals surface area contributed by atoms with E-state index in [2.05, 4.69) is 9.47 Å². The molecule has 0 bridgehead atoms. The Labute approximate surface area is 125 Å². The van der Waals surface area contributed by atoms with Crippen LogP contribution in [0.2, 0.25) is 0 Å². The summed E-state index contributed by atoms with van der Waals surface area (Å²) in [5, 5.41) is 0. The van der Waals surface area contributed by atoms with Gasteiger partial charge in [0, 0.05) is 11.8 Å². The Morgan fingerprint density at radius 2 is 1.76 bits per heavy atom. The smallest absolute Gasteiger partial charge is 0.323 e. The molecule has 0 aliphatic heterocycles. The van der Waals surface area contributed by atoms with Crippen molar-refractivity contribution in [2.45, 2.75) is 39.5 Å². The number of carbonyl (C=O) groups is 3. The minimum absolute atomic E-state index is 0.00986. The topological polar surface area (TPSA) is 69.7 Å². The summed E-state index contributed by atoms with van der Waals surface area (Å²) in [7, 11) is 2.48. The van der Waals surface area contributed by atoms with E-state index in [0.29, 0.717) is 6.42 Å². The van der Waals surface area contributed by atoms with E-state index in [1.165, 1.54) is 20.3 Å². The Morgan fingerprint density at radius 3 is 2.19 bits per heavy atom. The van der Waals surface area contributed by atoms with Crippen LogP contribution in [0.15, 0.2) is 12.2 Å². The predicted molar refractivity (Wildman–Crippen MR) is 77.4 cm³/mol. The van der Waals surface area contributed by atoms with Crippen LogP contribution < -0.4 is 0 Å². The molecule has 118 valence electrons. The molecule has 0 aromatic rings. The maximum Gasteiger partial charge on any atom is 0.323 e. The number of allylic oxidation sites excluding steroid dienone is 2. The number of hydrogen-bond acceptors (Lipinski definition) is 5. The van der Waals surface area contributed by atoms with Crippen molar-refractivity contribution in [1.29, 1.82) is 0 Å². The highest BCUT2D eigenvalue weighted by molar-refractivity contribution is 6.04. The van der Waals surface area contributed by atoms with Crippen LogP contribution >= 0.6 is 0 Å². The van der Waals surface area contributed by atoms with Crippen molar-refractivity contribution in [2.75, 3.05) is 14.2 Å². The van der Waals surface area contributed by atoms with Crippen LogP contribution in [-0.2, 0) is 23.9 Å². The molecule has 1 rings (SSSR count). The summed E-state index contributed by atoms with van der Waals surface area (Å²) in [4.78, 5) is 35.7. The third-order valence-electron chi connectivity index (χ3n) is 4.14. The van der Waals surface area contributed by atoms with E-state index in [9.17, 15) is 14.4 Å². The van der Waals surface area contributed by atoms with E-state index in [1.54, 1.807) is 6.08 Å². The fourth-order valence-electron chi connectivity index (χ4n) is 2.68. The highest BCUT2D eigenvalue weighted by Gasteiger charge is 2.66. The zero-order valence-corrected chi connectivity index (χ0v) is 13.2. The Balaban J connectivity index is 2.76. The number of esters is 2. The van der Waals surface area contributed by atoms with Crippen LogP contribution in [0.5, 0.6) is 0 Å². The molecule has 0 spiro atoms. The summed E-state index contributed by atoms with van der Waals surface area (Å²) >= 11 is 0. The van der Waals surface area contributed by atoms with Gasteiger partial charge < -0.3 is 9.47 Å². The summed E-state index contributed by atoms with van der Waals surface area (Å²) in [6, 6.07) is 0. The van der Waals surface area contributed by atoms with E-state index in [0.717, 1.165) is 19.3 Å². The van der Waals surface area contributed by atoms with E-state index >= 15 is 0 Å². The fourth-order valence-corrected chi connectivity index (χ4v) is 2.68. The molecule has 2 atom stereocenters. The molecule has 1 aliphatic rings. The maximum atomic E-state index is 12.1. The lowest BCUT2D eigenvalue weighted by molar-refractivity contribution is -0.161. The SMILES string of the molecule is CCCC(CC)C(=O)/C=C/C1CC1(C(=O)OC)C(=O)OC. The molecule has 0 amide bonds. The number of methoxy groups -OCH3 is 2. The van der Waals surface area contributed by atoms with E-state index in [4.69, 9.17) is 0 Å². The second-order valence-electron chi connectivity index (χ2n) is 5.42. The van der Waals surface area contributed by atoms with Gasteiger partial charge in [0.2, 0.25) is 0 Å². The highest BCUT2D eigenvalue weighted by Crippen LogP contribution is 2.55. The third-order valence-corrected chi connectivity index (χ3v) is 4.14. The number of carbonyl (C=O) groups excluding carboxylic acids is 3. The summed E-state index contributed by atoms with van der Waals surface area (Å²) in [6.45, 7) is 4.02. The van der Waals surface area contributed by atoms with Gasteiger partial charge in [-0.3, -0.25) is 14.4 Å². The molecular weight excluding hydrogens is 272 g/mol. The first kappa shape index (κ1) is 17.4. The number of rotatable bonds is 8. The normalized spacial score (nSPS) is 20.9. The second-order valence-corrected chi connectivity index (χ2v) is 5.42. The Hall–Kier alpha value is -1.65. The predicted octanol–water partition coefficient (Wildman–Crippen LogP) is 2.29. The van der Waals surface area contributed by atoms with Crippen molar-refractivity contribution in [3.05, 3.63) is 12.2 Å². The van der Waals surface area contributed by atoms with Gasteiger partial charge in [0.1, 0.15) is 0 Å². The molecule has 5 nitrogen and oxygen atoms in total. The number of ether oxygens (including phenoxy) is 2. The van der Waals surface area contributed by atoms with E-state index < -0.39 is 17.4 Å². The van der Waals surface area contributed by atoms with Crippen LogP contribution in [0.4, 0.5) is 0 Å². The van der Waals surface area contributed by atoms with Gasteiger partial charge in [-0.25, -0.2) is 0 Å². The minimum atomic E-state index is -1.26. The van der Waals surface area contributed by atoms with Crippen LogP contribution in [-0.4, -0.2) is 31.9 Å². The lowest BCUT2D eigenvalue weighted by Crippen LogP contribution is -2.30. The molecule has 1 saturated carbocycles. The minimum Gasteiger partial charge on any atom is -0.468 e. The lowest BCUT2D eigenvalue weighted by atomic mass is 9.95. The Bertz CT molecular complexity index is 422. The van der Waals surface area contributed by atoms with Crippen molar-refractivity contribution in [3.8, 4) is 0 Å². The summed E-state index contributed by atoms with van der Waals surface area (Å²) in [5.41, 5.74) is -1.26. The largest absolute Gasteiger partial charge is 0.468 e. The molecule has 2 unspecified atom stereocenters. The quantitative estimate of drug-likeness (QED) is 0.390. The summed E-state index contributed by atoms with van der Waals surface area (Å²) < 4.78 is 9.37. The first-order chi connectivity index (χ1) is 9.97. The first-order valence-electron chi connectivity index (χ1n) is 7.36. The van der Waals surface area contributed by atoms with Gasteiger partial charge in [-0.05, 0) is 25.3 Å². The van der Waals surface area contributed by atoms with Gasteiger partial charge in [-0.1, -0.05) is 26.3 Å². The van der Waals surface area contributed by atoms with Crippen LogP contribution in [0, 0.1) is 17.3 Å². The maximum absolute atomic E-state index is 12.1. The summed E-state index contributed by atoms with van der Waals surface area (Å²) in [5.74, 6) is -1.46. The Morgan fingerprint density at radius 1 is 1.19 bits per heavy atom. The van der Waals surface area contributed by atoms with E-state index in [-0.39, 0.29) is 17.6 Å². The van der Waals surface area contributed by atoms with Gasteiger partial charge in [-0.2, -0.15) is 0 Å². The molecule has 1 fully saturated rings. The van der Waals surface area contributed by atoms with E-state index in [1.807, 2.05) is 13.8 Å². The van der Waals surface area contributed by atoms with Gasteiger partial charge in [0.05, 0.1) is 14.2 Å². The van der Waals surface area contributed by atoms with Crippen molar-refractivity contribution in [1.82, 2.24) is 0 Å². The standard InChI is InChI=1S/C16H24O5/c1-5-7-11(6-2)13(17)9-8-12-10-16(12,14(18)20-3)15(19)21-4/h8-9,11-12H,5-7,10H2,1-4H3/b9-8+. The van der Waals surface area contributed by atoms with Crippen molar-refractivity contribution >= 4 is 17.7 Å². The van der Waals surface area contributed by atoms with Crippen molar-refractivity contribution in [2.24, 2.45) is 17.3 Å². The molecule has 0 aromatic heterocycles. The molecule has 0 N–H and O–H groups in total. The van der Waals surface area contributed by atoms with Crippen molar-refractivity contribution < 1.29 is 23.9 Å². The number of hydrogen-bond donors (Lipinski definition) is 0. The zero-order valence-electron chi connectivity index (χ0n) is 13.2. The van der Waals surface area contributed by atoms with Crippen molar-refractivity contribution in [3.63, 3.8) is 0 Å². The lowest BCUT2D eigenvalue weighted by Gasteiger charge is -2.11. The fraction of sp³-hybridized carbons (Fsp3) is 0.688. The average molecular weight is 296 g/mol. The second kappa shape index (κ2) is 7.38. The van der Waals surface area contributed by atoms with Crippen LogP contribution in [0.25, 0.3) is 0 Å². The number of ketones is 1. The van der Waals surface area contributed by atoms with Gasteiger partial charge in [0.15, 0.2) is 11.2 Å². The van der Waals surface area contributed by atoms with Gasteiger partial charge >= 0.3 is 11.9 Å².